The van der Waals surface area contributed by atoms with Crippen molar-refractivity contribution in [2.45, 2.75) is 0 Å². The van der Waals surface area contributed by atoms with Crippen molar-refractivity contribution in [2.75, 3.05) is 5.73 Å². The number of benzene rings is 5. The molecule has 9 nitrogen and oxygen atoms in total. The van der Waals surface area contributed by atoms with Gasteiger partial charge in [-0.2, -0.15) is 10.2 Å². The Morgan fingerprint density at radius 2 is 1.13 bits per heavy atom. The maximum atomic E-state index is 13.2. The number of nitrogen functional groups attached to an aromatic ring is 1. The Hall–Kier alpha value is -6.05. The van der Waals surface area contributed by atoms with Gasteiger partial charge < -0.3 is 10.8 Å². The molecule has 0 fully saturated rings. The molecule has 5 aromatic carbocycles. The molecule has 7 aromatic rings. The van der Waals surface area contributed by atoms with E-state index in [1.54, 1.807) is 61.2 Å². The second kappa shape index (κ2) is 16.8. The van der Waals surface area contributed by atoms with E-state index in [-0.39, 0.29) is 17.4 Å². The maximum absolute atomic E-state index is 13.2. The molecule has 2 heterocycles. The number of hydrogen-bond acceptors (Lipinski definition) is 7. The summed E-state index contributed by atoms with van der Waals surface area (Å²) < 4.78 is 30.3. The highest BCUT2D eigenvalue weighted by Gasteiger charge is 2.10. The zero-order chi connectivity index (χ0) is 36.5. The number of phenolic OH excluding ortho intramolecular Hbond substituents is 1. The van der Waals surface area contributed by atoms with Crippen LogP contribution in [-0.2, 0) is 0 Å². The second-order valence-corrected chi connectivity index (χ2v) is 12.8. The summed E-state index contributed by atoms with van der Waals surface area (Å²) in [4.78, 5) is 13.3. The fourth-order valence-corrected chi connectivity index (χ4v) is 5.93. The lowest BCUT2D eigenvalue weighted by Crippen LogP contribution is -1.96. The van der Waals surface area contributed by atoms with E-state index in [1.807, 2.05) is 60.7 Å². The lowest BCUT2D eigenvalue weighted by Gasteiger charge is -2.02. The summed E-state index contributed by atoms with van der Waals surface area (Å²) in [6, 6.07) is 35.0. The van der Waals surface area contributed by atoms with Gasteiger partial charge in [-0.05, 0) is 63.5 Å². The number of aromatic hydroxyl groups is 1. The molecule has 0 aliphatic carbocycles. The van der Waals surface area contributed by atoms with E-state index in [0.29, 0.717) is 27.6 Å². The smallest absolute Gasteiger partial charge is 0.251 e. The number of nitrogens with two attached hydrogens (primary N) is 1. The van der Waals surface area contributed by atoms with E-state index >= 15 is 0 Å². The predicted octanol–water partition coefficient (Wildman–Crippen LogP) is 9.71. The molecule has 52 heavy (non-hydrogen) atoms. The summed E-state index contributed by atoms with van der Waals surface area (Å²) in [7, 11) is 0. The Labute approximate surface area is 314 Å². The van der Waals surface area contributed by atoms with Gasteiger partial charge in [-0.15, -0.1) is 0 Å². The van der Waals surface area contributed by atoms with E-state index in [4.69, 9.17) is 5.73 Å². The van der Waals surface area contributed by atoms with Gasteiger partial charge in [0.15, 0.2) is 0 Å². The first-order valence-electron chi connectivity index (χ1n) is 15.6. The first-order chi connectivity index (χ1) is 25.2. The monoisotopic (exact) mass is 820 g/mol. The second-order valence-electron chi connectivity index (χ2n) is 11.0. The van der Waals surface area contributed by atoms with Crippen LogP contribution in [0.5, 0.6) is 5.75 Å². The molecule has 0 saturated carbocycles. The van der Waals surface area contributed by atoms with Crippen LogP contribution in [0, 0.1) is 11.6 Å². The van der Waals surface area contributed by atoms with Gasteiger partial charge in [0, 0.05) is 27.4 Å². The molecular weight excluding hydrogens is 794 g/mol. The third-order valence-corrected chi connectivity index (χ3v) is 8.36. The normalized spacial score (nSPS) is 11.4. The molecule has 3 N–H and O–H groups in total. The molecule has 258 valence electrons. The van der Waals surface area contributed by atoms with Gasteiger partial charge in [0.2, 0.25) is 5.95 Å². The van der Waals surface area contributed by atoms with E-state index in [9.17, 15) is 13.9 Å². The Morgan fingerprint density at radius 3 is 1.69 bits per heavy atom. The van der Waals surface area contributed by atoms with Crippen molar-refractivity contribution in [1.29, 1.82) is 0 Å². The number of anilines is 1. The van der Waals surface area contributed by atoms with Crippen molar-refractivity contribution in [3.05, 3.63) is 171 Å². The third kappa shape index (κ3) is 9.38. The molecular formula is C39H28Br2F2N8O. The van der Waals surface area contributed by atoms with Crippen molar-refractivity contribution in [1.82, 2.24) is 19.3 Å². The van der Waals surface area contributed by atoms with Crippen LogP contribution in [-0.4, -0.2) is 43.1 Å². The molecule has 0 unspecified atom stereocenters. The van der Waals surface area contributed by atoms with Gasteiger partial charge in [0.1, 0.15) is 17.4 Å². The quantitative estimate of drug-likeness (QED) is 0.148. The third-order valence-electron chi connectivity index (χ3n) is 7.30. The highest BCUT2D eigenvalue weighted by molar-refractivity contribution is 9.11. The lowest BCUT2D eigenvalue weighted by atomic mass is 10.2. The molecule has 2 aromatic heterocycles. The number of imidazole rings is 2. The fourth-order valence-electron chi connectivity index (χ4n) is 4.68. The van der Waals surface area contributed by atoms with Crippen LogP contribution in [0.25, 0.3) is 22.5 Å². The summed E-state index contributed by atoms with van der Waals surface area (Å²) in [6.07, 6.45) is 8.24. The summed E-state index contributed by atoms with van der Waals surface area (Å²) in [5, 5.41) is 18.9. The largest absolute Gasteiger partial charge is 0.506 e. The van der Waals surface area contributed by atoms with Crippen molar-refractivity contribution in [2.24, 2.45) is 15.2 Å². The topological polar surface area (TPSA) is 119 Å². The highest BCUT2D eigenvalue weighted by atomic mass is 79.9. The van der Waals surface area contributed by atoms with Crippen LogP contribution in [0.4, 0.5) is 20.7 Å². The number of nitrogens with zero attached hydrogens (tertiary/aromatic N) is 7. The molecule has 0 aliphatic rings. The van der Waals surface area contributed by atoms with Crippen LogP contribution in [0.1, 0.15) is 16.7 Å². The number of aromatic nitrogens is 4. The fraction of sp³-hybridized carbons (Fsp3) is 0. The zero-order valence-corrected chi connectivity index (χ0v) is 30.3. The molecule has 13 heteroatoms. The summed E-state index contributed by atoms with van der Waals surface area (Å²) in [6.45, 7) is 0. The van der Waals surface area contributed by atoms with Gasteiger partial charge in [-0.25, -0.2) is 33.1 Å². The maximum Gasteiger partial charge on any atom is 0.251 e. The van der Waals surface area contributed by atoms with Gasteiger partial charge in [0.25, 0.3) is 5.95 Å². The van der Waals surface area contributed by atoms with E-state index in [0.717, 1.165) is 32.4 Å². The van der Waals surface area contributed by atoms with Crippen molar-refractivity contribution < 1.29 is 13.9 Å². The predicted molar refractivity (Wildman–Crippen MR) is 209 cm³/mol. The first-order valence-corrected chi connectivity index (χ1v) is 17.2. The molecule has 0 spiro atoms. The molecule has 0 bridgehead atoms. The minimum absolute atomic E-state index is 0.0724. The number of aliphatic imine (C=N–C) groups is 1. The average Bonchev–Trinajstić information content (AvgIpc) is 3.75. The standard InChI is InChI=1S/C23H15Br2FN4O.C16H13FN4/c24-18-10-17(22(31)20(25)11-18)13-27-23-29-21(16-4-2-1-3-5-16)14-30(23)28-12-15-6-8-19(26)9-7-15;17-14-8-6-12(7-9-14)10-19-21-11-15(20-16(21)18)13-4-2-1-3-5-13/h1-14,31H;1-11H,(H2,18,20)/b27-13?,28-12+;19-10+. The first kappa shape index (κ1) is 35.8. The van der Waals surface area contributed by atoms with Gasteiger partial charge >= 0.3 is 0 Å². The molecule has 0 saturated heterocycles. The number of rotatable bonds is 8. The van der Waals surface area contributed by atoms with Crippen LogP contribution in [0.15, 0.2) is 158 Å². The Bertz CT molecular complexity index is 2360. The molecule has 0 radical (unpaired) electrons. The Balaban J connectivity index is 0.000000192. The Kier molecular flexibility index (Phi) is 11.5. The van der Waals surface area contributed by atoms with Crippen LogP contribution < -0.4 is 5.73 Å². The van der Waals surface area contributed by atoms with Gasteiger partial charge in [-0.3, -0.25) is 0 Å². The minimum Gasteiger partial charge on any atom is -0.506 e. The number of hydrogen-bond donors (Lipinski definition) is 2. The molecule has 0 aliphatic heterocycles. The van der Waals surface area contributed by atoms with Crippen molar-refractivity contribution >= 4 is 62.4 Å². The SMILES string of the molecule is Nc1nc(-c2ccccc2)cn1/N=C/c1ccc(F)cc1.Oc1c(Br)cc(Br)cc1C=Nc1nc(-c2ccccc2)cn1/N=C/c1ccc(F)cc1. The number of phenols is 1. The van der Waals surface area contributed by atoms with E-state index in [2.05, 4.69) is 57.0 Å². The summed E-state index contributed by atoms with van der Waals surface area (Å²) in [5.74, 6) is 0.111. The minimum atomic E-state index is -0.309. The summed E-state index contributed by atoms with van der Waals surface area (Å²) in [5.41, 5.74) is 11.2. The van der Waals surface area contributed by atoms with Crippen LogP contribution in [0.2, 0.25) is 0 Å². The molecule has 0 atom stereocenters. The van der Waals surface area contributed by atoms with E-state index in [1.165, 1.54) is 39.8 Å². The Morgan fingerprint density at radius 1 is 0.635 bits per heavy atom. The number of halogens is 4. The average molecular weight is 823 g/mol. The molecule has 7 rings (SSSR count). The van der Waals surface area contributed by atoms with Gasteiger partial charge in [0.05, 0.1) is 40.7 Å². The summed E-state index contributed by atoms with van der Waals surface area (Å²) >= 11 is 6.72. The zero-order valence-electron chi connectivity index (χ0n) is 27.1. The van der Waals surface area contributed by atoms with Crippen LogP contribution in [0.3, 0.4) is 0 Å². The van der Waals surface area contributed by atoms with E-state index < -0.39 is 0 Å². The lowest BCUT2D eigenvalue weighted by molar-refractivity contribution is 0.471. The molecule has 0 amide bonds. The highest BCUT2D eigenvalue weighted by Crippen LogP contribution is 2.31. The van der Waals surface area contributed by atoms with Crippen LogP contribution >= 0.6 is 31.9 Å². The van der Waals surface area contributed by atoms with Gasteiger partial charge in [-0.1, -0.05) is 101 Å². The van der Waals surface area contributed by atoms with Crippen molar-refractivity contribution in [3.63, 3.8) is 0 Å². The van der Waals surface area contributed by atoms with Crippen molar-refractivity contribution in [3.8, 4) is 28.3 Å².